The van der Waals surface area contributed by atoms with Gasteiger partial charge in [-0.15, -0.1) is 0 Å². The second kappa shape index (κ2) is 10.0. The zero-order chi connectivity index (χ0) is 22.7. The summed E-state index contributed by atoms with van der Waals surface area (Å²) >= 11 is 0. The fourth-order valence-electron chi connectivity index (χ4n) is 5.47. The van der Waals surface area contributed by atoms with Crippen molar-refractivity contribution in [3.63, 3.8) is 0 Å². The number of hydrogen-bond donors (Lipinski definition) is 3. The Hall–Kier alpha value is -2.38. The summed E-state index contributed by atoms with van der Waals surface area (Å²) in [6.07, 6.45) is 8.05. The zero-order valence-electron chi connectivity index (χ0n) is 19.5. The summed E-state index contributed by atoms with van der Waals surface area (Å²) in [6.45, 7) is 7.25. The molecule has 3 atom stereocenters. The minimum Gasteiger partial charge on any atom is -0.369 e. The van der Waals surface area contributed by atoms with E-state index < -0.39 is 0 Å². The van der Waals surface area contributed by atoms with E-state index in [2.05, 4.69) is 30.2 Å². The van der Waals surface area contributed by atoms with Crippen molar-refractivity contribution in [3.05, 3.63) is 46.2 Å². The van der Waals surface area contributed by atoms with Crippen LogP contribution in [0.15, 0.2) is 35.1 Å². The number of benzene rings is 1. The Kier molecular flexibility index (Phi) is 7.16. The lowest BCUT2D eigenvalue weighted by Gasteiger charge is -2.39. The van der Waals surface area contributed by atoms with Crippen molar-refractivity contribution < 1.29 is 0 Å². The average molecular weight is 439 g/mol. The summed E-state index contributed by atoms with van der Waals surface area (Å²) in [5.74, 6) is -0.00837. The predicted molar refractivity (Wildman–Crippen MR) is 131 cm³/mol. The molecule has 174 valence electrons. The molecule has 0 radical (unpaired) electrons. The molecule has 2 aliphatic heterocycles. The number of nitrogens with zero attached hydrogens (tertiary/aromatic N) is 3. The Balaban J connectivity index is 1.44. The molecule has 3 heterocycles. The number of rotatable bonds is 7. The molecule has 0 bridgehead atoms. The highest BCUT2D eigenvalue weighted by Crippen LogP contribution is 2.25. The number of hydrogen-bond acceptors (Lipinski definition) is 4. The smallest absolute Gasteiger partial charge is 0.255 e. The van der Waals surface area contributed by atoms with E-state index >= 15 is 0 Å². The Morgan fingerprint density at radius 3 is 2.53 bits per heavy atom. The van der Waals surface area contributed by atoms with Gasteiger partial charge < -0.3 is 10.3 Å². The van der Waals surface area contributed by atoms with E-state index in [0.29, 0.717) is 18.6 Å². The number of aromatic nitrogens is 1. The fourth-order valence-corrected chi connectivity index (χ4v) is 5.47. The maximum atomic E-state index is 13.5. The normalized spacial score (nSPS) is 24.3. The van der Waals surface area contributed by atoms with E-state index in [1.165, 1.54) is 25.7 Å². The number of fused-ring (bicyclic) bond motifs is 1. The highest BCUT2D eigenvalue weighted by molar-refractivity contribution is 5.80. The predicted octanol–water partition coefficient (Wildman–Crippen LogP) is 3.58. The largest absolute Gasteiger partial charge is 0.369 e. The lowest BCUT2D eigenvalue weighted by atomic mass is 9.97. The summed E-state index contributed by atoms with van der Waals surface area (Å²) in [5.41, 5.74) is 10.7. The van der Waals surface area contributed by atoms with Gasteiger partial charge in [0.1, 0.15) is 0 Å². The van der Waals surface area contributed by atoms with Crippen molar-refractivity contribution in [2.45, 2.75) is 83.5 Å². The minimum atomic E-state index is -0.107. The van der Waals surface area contributed by atoms with Crippen LogP contribution in [-0.4, -0.2) is 45.6 Å². The summed E-state index contributed by atoms with van der Waals surface area (Å²) < 4.78 is 1.95. The molecule has 1 unspecified atom stereocenters. The fraction of sp³-hybridized carbons (Fsp3) is 0.600. The number of unbranched alkanes of at least 4 members (excludes halogenated alkanes) is 2. The van der Waals surface area contributed by atoms with Crippen molar-refractivity contribution in [1.82, 2.24) is 19.9 Å². The summed E-state index contributed by atoms with van der Waals surface area (Å²) in [7, 11) is 0. The summed E-state index contributed by atoms with van der Waals surface area (Å²) in [5, 5.41) is 10.4. The number of para-hydroxylation sites is 1. The third-order valence-electron chi connectivity index (χ3n) is 7.32. The van der Waals surface area contributed by atoms with Crippen LogP contribution in [0.3, 0.4) is 0 Å². The molecule has 0 spiro atoms. The first-order chi connectivity index (χ1) is 15.5. The molecule has 4 rings (SSSR count). The molecular weight excluding hydrogens is 400 g/mol. The molecule has 1 aromatic heterocycles. The Bertz CT molecular complexity index is 992. The second-order valence-electron chi connectivity index (χ2n) is 9.55. The molecule has 0 aliphatic carbocycles. The van der Waals surface area contributed by atoms with Crippen molar-refractivity contribution in [2.75, 3.05) is 13.1 Å². The van der Waals surface area contributed by atoms with Crippen molar-refractivity contribution in [2.24, 2.45) is 5.73 Å². The topological polar surface area (TPSA) is 90.4 Å². The van der Waals surface area contributed by atoms with Crippen LogP contribution in [0.25, 0.3) is 10.9 Å². The van der Waals surface area contributed by atoms with Crippen LogP contribution in [0.1, 0.15) is 70.4 Å². The van der Waals surface area contributed by atoms with Crippen LogP contribution in [0.4, 0.5) is 0 Å². The molecule has 4 N–H and O–H groups in total. The lowest BCUT2D eigenvalue weighted by molar-refractivity contribution is 0.101. The van der Waals surface area contributed by atoms with Gasteiger partial charge in [0.15, 0.2) is 0 Å². The molecule has 2 aliphatic rings. The molecule has 1 aromatic carbocycles. The van der Waals surface area contributed by atoms with Crippen LogP contribution in [0.5, 0.6) is 0 Å². The minimum absolute atomic E-state index is 0.00837. The first kappa shape index (κ1) is 22.8. The SMILES string of the molecule is C[C@@H]1CCC[C@H](C)N1CCCCCn1c(=O)c(C2CCN(C(=N)N)N2)cc2ccccc21. The maximum absolute atomic E-state index is 13.5. The first-order valence-electron chi connectivity index (χ1n) is 12.2. The second-order valence-corrected chi connectivity index (χ2v) is 9.55. The number of nitrogens with two attached hydrogens (primary N) is 1. The lowest BCUT2D eigenvalue weighted by Crippen LogP contribution is -2.44. The maximum Gasteiger partial charge on any atom is 0.255 e. The van der Waals surface area contributed by atoms with Crippen LogP contribution in [-0.2, 0) is 6.54 Å². The van der Waals surface area contributed by atoms with Gasteiger partial charge in [0.2, 0.25) is 5.96 Å². The first-order valence-corrected chi connectivity index (χ1v) is 12.2. The van der Waals surface area contributed by atoms with Crippen LogP contribution in [0.2, 0.25) is 0 Å². The van der Waals surface area contributed by atoms with Crippen LogP contribution in [0, 0.1) is 5.41 Å². The summed E-state index contributed by atoms with van der Waals surface area (Å²) in [4.78, 5) is 16.1. The van der Waals surface area contributed by atoms with Crippen LogP contribution < -0.4 is 16.7 Å². The van der Waals surface area contributed by atoms with E-state index in [1.54, 1.807) is 5.01 Å². The molecule has 0 saturated carbocycles. The van der Waals surface area contributed by atoms with Crippen molar-refractivity contribution in [1.29, 1.82) is 5.41 Å². The van der Waals surface area contributed by atoms with E-state index in [9.17, 15) is 4.79 Å². The van der Waals surface area contributed by atoms with E-state index in [0.717, 1.165) is 48.8 Å². The number of aryl methyl sites for hydroxylation is 1. The monoisotopic (exact) mass is 438 g/mol. The van der Waals surface area contributed by atoms with Gasteiger partial charge in [-0.2, -0.15) is 0 Å². The van der Waals surface area contributed by atoms with Gasteiger partial charge in [-0.25, -0.2) is 5.43 Å². The third-order valence-corrected chi connectivity index (χ3v) is 7.32. The van der Waals surface area contributed by atoms with E-state index in [1.807, 2.05) is 28.8 Å². The van der Waals surface area contributed by atoms with Gasteiger partial charge in [0, 0.05) is 30.7 Å². The highest BCUT2D eigenvalue weighted by Gasteiger charge is 2.27. The molecule has 7 heteroatoms. The molecule has 7 nitrogen and oxygen atoms in total. The molecule has 0 amide bonds. The van der Waals surface area contributed by atoms with Gasteiger partial charge in [0.05, 0.1) is 11.6 Å². The molecule has 2 saturated heterocycles. The molecule has 2 fully saturated rings. The van der Waals surface area contributed by atoms with Crippen LogP contribution >= 0.6 is 0 Å². The Labute approximate surface area is 191 Å². The number of guanidine groups is 1. The number of hydrazine groups is 1. The van der Waals surface area contributed by atoms with Gasteiger partial charge in [-0.1, -0.05) is 31.0 Å². The quantitative estimate of drug-likeness (QED) is 0.349. The number of piperidine rings is 1. The average Bonchev–Trinajstić information content (AvgIpc) is 3.27. The Morgan fingerprint density at radius 2 is 1.81 bits per heavy atom. The number of pyridine rings is 1. The van der Waals surface area contributed by atoms with Gasteiger partial charge in [-0.05, 0) is 70.0 Å². The molecular formula is C25H38N6O. The van der Waals surface area contributed by atoms with Crippen molar-refractivity contribution >= 4 is 16.9 Å². The van der Waals surface area contributed by atoms with E-state index in [4.69, 9.17) is 11.1 Å². The standard InChI is InChI=1S/C25H38N6O/c1-18-9-8-10-19(2)29(18)14-6-3-7-15-30-23-12-5-4-11-20(23)17-21(24(30)32)22-13-16-31(28-22)25(26)27/h4-5,11-12,17-19,22,28H,3,6-10,13-16H2,1-2H3,(H3,26,27)/t18-,19+,22?. The van der Waals surface area contributed by atoms with E-state index in [-0.39, 0.29) is 17.6 Å². The third kappa shape index (κ3) is 4.84. The van der Waals surface area contributed by atoms with Gasteiger partial charge in [-0.3, -0.25) is 20.1 Å². The summed E-state index contributed by atoms with van der Waals surface area (Å²) in [6, 6.07) is 11.4. The van der Waals surface area contributed by atoms with Gasteiger partial charge in [0.25, 0.3) is 5.56 Å². The molecule has 2 aromatic rings. The van der Waals surface area contributed by atoms with Crippen molar-refractivity contribution in [3.8, 4) is 0 Å². The number of likely N-dealkylation sites (tertiary alicyclic amines) is 1. The molecule has 32 heavy (non-hydrogen) atoms. The van der Waals surface area contributed by atoms with Gasteiger partial charge >= 0.3 is 0 Å². The number of nitrogens with one attached hydrogen (secondary N) is 2. The zero-order valence-corrected chi connectivity index (χ0v) is 19.5. The highest BCUT2D eigenvalue weighted by atomic mass is 16.1. The Morgan fingerprint density at radius 1 is 1.09 bits per heavy atom.